The van der Waals surface area contributed by atoms with Gasteiger partial charge in [-0.05, 0) is 24.3 Å². The molecule has 0 aliphatic heterocycles. The normalized spacial score (nSPS) is 10.4. The van der Waals surface area contributed by atoms with Crippen molar-refractivity contribution in [2.24, 2.45) is 12.8 Å². The van der Waals surface area contributed by atoms with Crippen molar-refractivity contribution in [1.29, 1.82) is 0 Å². The third-order valence-electron chi connectivity index (χ3n) is 2.87. The second-order valence-electron chi connectivity index (χ2n) is 3.92. The quantitative estimate of drug-likeness (QED) is 0.890. The molecule has 0 atom stereocenters. The van der Waals surface area contributed by atoms with E-state index in [-0.39, 0.29) is 0 Å². The van der Waals surface area contributed by atoms with Crippen LogP contribution < -0.4 is 15.2 Å². The van der Waals surface area contributed by atoms with Crippen LogP contribution in [0.1, 0.15) is 5.69 Å². The van der Waals surface area contributed by atoms with Crippen molar-refractivity contribution >= 4 is 0 Å². The van der Waals surface area contributed by atoms with Gasteiger partial charge in [0, 0.05) is 19.2 Å². The van der Waals surface area contributed by atoms with Crippen molar-refractivity contribution in [3.63, 3.8) is 0 Å². The Hall–Kier alpha value is -2.01. The van der Waals surface area contributed by atoms with Crippen molar-refractivity contribution in [3.8, 4) is 22.8 Å². The SMILES string of the molecule is COc1ccc(-c2cc(CN)n(C)n2)cc1OC. The third kappa shape index (κ3) is 2.17. The van der Waals surface area contributed by atoms with Crippen LogP contribution in [-0.2, 0) is 13.6 Å². The molecule has 0 amide bonds. The van der Waals surface area contributed by atoms with Gasteiger partial charge in [0.25, 0.3) is 0 Å². The molecule has 1 aromatic heterocycles. The van der Waals surface area contributed by atoms with E-state index in [1.54, 1.807) is 18.9 Å². The molecule has 0 spiro atoms. The fraction of sp³-hybridized carbons (Fsp3) is 0.308. The van der Waals surface area contributed by atoms with Crippen molar-refractivity contribution in [1.82, 2.24) is 9.78 Å². The molecule has 2 aromatic rings. The first-order valence-electron chi connectivity index (χ1n) is 5.65. The summed E-state index contributed by atoms with van der Waals surface area (Å²) in [6.45, 7) is 0.469. The van der Waals surface area contributed by atoms with Crippen LogP contribution in [0.15, 0.2) is 24.3 Å². The van der Waals surface area contributed by atoms with Crippen molar-refractivity contribution in [2.45, 2.75) is 6.54 Å². The first-order valence-corrected chi connectivity index (χ1v) is 5.65. The van der Waals surface area contributed by atoms with Crippen LogP contribution in [0.2, 0.25) is 0 Å². The molecule has 0 saturated carbocycles. The molecule has 0 aliphatic rings. The number of hydrogen-bond acceptors (Lipinski definition) is 4. The molecule has 5 heteroatoms. The third-order valence-corrected chi connectivity index (χ3v) is 2.87. The average molecular weight is 247 g/mol. The van der Waals surface area contributed by atoms with E-state index < -0.39 is 0 Å². The number of hydrogen-bond donors (Lipinski definition) is 1. The molecule has 0 saturated heterocycles. The molecule has 5 nitrogen and oxygen atoms in total. The van der Waals surface area contributed by atoms with Crippen LogP contribution in [0.25, 0.3) is 11.3 Å². The first-order chi connectivity index (χ1) is 8.69. The van der Waals surface area contributed by atoms with Crippen molar-refractivity contribution in [3.05, 3.63) is 30.0 Å². The van der Waals surface area contributed by atoms with Gasteiger partial charge in [-0.3, -0.25) is 4.68 Å². The van der Waals surface area contributed by atoms with Crippen LogP contribution in [-0.4, -0.2) is 24.0 Å². The minimum atomic E-state index is 0.469. The van der Waals surface area contributed by atoms with Gasteiger partial charge >= 0.3 is 0 Å². The second-order valence-corrected chi connectivity index (χ2v) is 3.92. The molecule has 0 unspecified atom stereocenters. The molecule has 0 radical (unpaired) electrons. The Kier molecular flexibility index (Phi) is 3.53. The summed E-state index contributed by atoms with van der Waals surface area (Å²) in [5, 5.41) is 4.42. The molecule has 0 bridgehead atoms. The van der Waals surface area contributed by atoms with Gasteiger partial charge in [0.05, 0.1) is 25.6 Å². The summed E-state index contributed by atoms with van der Waals surface area (Å²) in [5.41, 5.74) is 8.47. The summed E-state index contributed by atoms with van der Waals surface area (Å²) in [4.78, 5) is 0. The number of nitrogens with two attached hydrogens (primary N) is 1. The van der Waals surface area contributed by atoms with E-state index in [0.717, 1.165) is 17.0 Å². The molecule has 2 rings (SSSR count). The highest BCUT2D eigenvalue weighted by Gasteiger charge is 2.10. The number of aromatic nitrogens is 2. The van der Waals surface area contributed by atoms with E-state index in [4.69, 9.17) is 15.2 Å². The molecule has 18 heavy (non-hydrogen) atoms. The lowest BCUT2D eigenvalue weighted by Crippen LogP contribution is -2.03. The van der Waals surface area contributed by atoms with E-state index in [2.05, 4.69) is 5.10 Å². The molecule has 0 aliphatic carbocycles. The smallest absolute Gasteiger partial charge is 0.161 e. The van der Waals surface area contributed by atoms with E-state index in [1.807, 2.05) is 31.3 Å². The van der Waals surface area contributed by atoms with Gasteiger partial charge in [0.2, 0.25) is 0 Å². The fourth-order valence-corrected chi connectivity index (χ4v) is 1.83. The molecule has 1 aromatic carbocycles. The Balaban J connectivity index is 2.44. The predicted molar refractivity (Wildman–Crippen MR) is 69.6 cm³/mol. The molecule has 2 N–H and O–H groups in total. The standard InChI is InChI=1S/C13H17N3O2/c1-16-10(8-14)7-11(15-16)9-4-5-12(17-2)13(6-9)18-3/h4-7H,8,14H2,1-3H3. The molecular formula is C13H17N3O2. The van der Waals surface area contributed by atoms with Crippen LogP contribution in [0.3, 0.4) is 0 Å². The highest BCUT2D eigenvalue weighted by atomic mass is 16.5. The summed E-state index contributed by atoms with van der Waals surface area (Å²) in [6, 6.07) is 7.69. The maximum atomic E-state index is 5.64. The number of nitrogens with zero attached hydrogens (tertiary/aromatic N) is 2. The maximum absolute atomic E-state index is 5.64. The Bertz CT molecular complexity index is 549. The Labute approximate surface area is 106 Å². The lowest BCUT2D eigenvalue weighted by atomic mass is 10.1. The van der Waals surface area contributed by atoms with E-state index >= 15 is 0 Å². The van der Waals surface area contributed by atoms with Gasteiger partial charge < -0.3 is 15.2 Å². The first kappa shape index (κ1) is 12.4. The van der Waals surface area contributed by atoms with Crippen molar-refractivity contribution in [2.75, 3.05) is 14.2 Å². The highest BCUT2D eigenvalue weighted by Crippen LogP contribution is 2.31. The van der Waals surface area contributed by atoms with Gasteiger partial charge in [-0.25, -0.2) is 0 Å². The zero-order chi connectivity index (χ0) is 13.1. The van der Waals surface area contributed by atoms with Gasteiger partial charge in [-0.15, -0.1) is 0 Å². The van der Waals surface area contributed by atoms with Crippen molar-refractivity contribution < 1.29 is 9.47 Å². The van der Waals surface area contributed by atoms with Crippen LogP contribution in [0.4, 0.5) is 0 Å². The summed E-state index contributed by atoms with van der Waals surface area (Å²) < 4.78 is 12.3. The molecule has 0 fully saturated rings. The Morgan fingerprint density at radius 2 is 1.89 bits per heavy atom. The number of ether oxygens (including phenoxy) is 2. The minimum absolute atomic E-state index is 0.469. The summed E-state index contributed by atoms with van der Waals surface area (Å²) >= 11 is 0. The zero-order valence-corrected chi connectivity index (χ0v) is 10.8. The van der Waals surface area contributed by atoms with Gasteiger partial charge in [0.1, 0.15) is 0 Å². The number of methoxy groups -OCH3 is 2. The number of aryl methyl sites for hydroxylation is 1. The van der Waals surface area contributed by atoms with Gasteiger partial charge in [-0.1, -0.05) is 0 Å². The Morgan fingerprint density at radius 3 is 2.44 bits per heavy atom. The highest BCUT2D eigenvalue weighted by molar-refractivity contribution is 5.64. The minimum Gasteiger partial charge on any atom is -0.493 e. The summed E-state index contributed by atoms with van der Waals surface area (Å²) in [7, 11) is 5.11. The fourth-order valence-electron chi connectivity index (χ4n) is 1.83. The maximum Gasteiger partial charge on any atom is 0.161 e. The van der Waals surface area contributed by atoms with E-state index in [1.165, 1.54) is 0 Å². The predicted octanol–water partition coefficient (Wildman–Crippen LogP) is 1.56. The van der Waals surface area contributed by atoms with Crippen LogP contribution in [0, 0.1) is 0 Å². The van der Waals surface area contributed by atoms with E-state index in [0.29, 0.717) is 18.0 Å². The molecule has 1 heterocycles. The monoisotopic (exact) mass is 247 g/mol. The van der Waals surface area contributed by atoms with Gasteiger partial charge in [0.15, 0.2) is 11.5 Å². The second kappa shape index (κ2) is 5.10. The summed E-state index contributed by atoms with van der Waals surface area (Å²) in [5.74, 6) is 1.39. The van der Waals surface area contributed by atoms with Gasteiger partial charge in [-0.2, -0.15) is 5.10 Å². The number of rotatable bonds is 4. The molecular weight excluding hydrogens is 230 g/mol. The average Bonchev–Trinajstić information content (AvgIpc) is 2.79. The van der Waals surface area contributed by atoms with Crippen LogP contribution >= 0.6 is 0 Å². The zero-order valence-electron chi connectivity index (χ0n) is 10.8. The topological polar surface area (TPSA) is 62.3 Å². The number of benzene rings is 1. The largest absolute Gasteiger partial charge is 0.493 e. The van der Waals surface area contributed by atoms with Crippen LogP contribution in [0.5, 0.6) is 11.5 Å². The van der Waals surface area contributed by atoms with E-state index in [9.17, 15) is 0 Å². The Morgan fingerprint density at radius 1 is 1.17 bits per heavy atom. The summed E-state index contributed by atoms with van der Waals surface area (Å²) in [6.07, 6.45) is 0. The molecule has 96 valence electrons. The lowest BCUT2D eigenvalue weighted by molar-refractivity contribution is 0.355. The lowest BCUT2D eigenvalue weighted by Gasteiger charge is -2.08.